The second kappa shape index (κ2) is 4.74. The van der Waals surface area contributed by atoms with E-state index in [1.54, 1.807) is 0 Å². The monoisotopic (exact) mass is 190 g/mol. The Morgan fingerprint density at radius 1 is 1.67 bits per heavy atom. The van der Waals surface area contributed by atoms with Crippen molar-refractivity contribution in [3.8, 4) is 0 Å². The molecule has 0 amide bonds. The maximum absolute atomic E-state index is 10.8. The van der Waals surface area contributed by atoms with Crippen LogP contribution in [0.1, 0.15) is 20.3 Å². The lowest BCUT2D eigenvalue weighted by Crippen LogP contribution is -1.95. The minimum Gasteiger partial charge on any atom is -0.295 e. The first-order chi connectivity index (χ1) is 4.22. The van der Waals surface area contributed by atoms with E-state index in [0.29, 0.717) is 6.42 Å². The number of carbonyl (C=O) groups is 1. The van der Waals surface area contributed by atoms with Crippen LogP contribution in [0.5, 0.6) is 0 Å². The third kappa shape index (κ3) is 3.46. The first-order valence-electron chi connectivity index (χ1n) is 2.98. The lowest BCUT2D eigenvalue weighted by Gasteiger charge is -1.92. The van der Waals surface area contributed by atoms with Crippen molar-refractivity contribution >= 4 is 21.7 Å². The van der Waals surface area contributed by atoms with Crippen molar-refractivity contribution in [3.05, 3.63) is 11.6 Å². The fraction of sp³-hybridized carbons (Fsp3) is 0.571. The van der Waals surface area contributed by atoms with Gasteiger partial charge in [-0.05, 0) is 12.5 Å². The van der Waals surface area contributed by atoms with E-state index in [1.807, 2.05) is 19.9 Å². The number of halogens is 1. The highest BCUT2D eigenvalue weighted by molar-refractivity contribution is 9.09. The summed E-state index contributed by atoms with van der Waals surface area (Å²) < 4.78 is 0. The molecule has 0 heterocycles. The van der Waals surface area contributed by atoms with E-state index in [9.17, 15) is 4.79 Å². The molecular weight excluding hydrogens is 180 g/mol. The number of hydrogen-bond donors (Lipinski definition) is 0. The molecule has 52 valence electrons. The summed E-state index contributed by atoms with van der Waals surface area (Å²) >= 11 is 3.22. The molecule has 0 aromatic rings. The molecule has 0 aromatic heterocycles. The number of allylic oxidation sites excluding steroid dienone is 2. The Morgan fingerprint density at radius 3 is 2.56 bits per heavy atom. The van der Waals surface area contributed by atoms with Crippen molar-refractivity contribution in [1.29, 1.82) is 0 Å². The molecule has 0 rings (SSSR count). The van der Waals surface area contributed by atoms with Crippen LogP contribution in [-0.4, -0.2) is 11.1 Å². The van der Waals surface area contributed by atoms with E-state index in [-0.39, 0.29) is 5.78 Å². The van der Waals surface area contributed by atoms with E-state index in [4.69, 9.17) is 0 Å². The number of ketones is 1. The highest BCUT2D eigenvalue weighted by atomic mass is 79.9. The molecule has 0 unspecified atom stereocenters. The zero-order chi connectivity index (χ0) is 7.28. The minimum absolute atomic E-state index is 0.231. The SMILES string of the molecule is CCC(=O)C(C)=CCBr. The van der Waals surface area contributed by atoms with E-state index in [1.165, 1.54) is 0 Å². The lowest BCUT2D eigenvalue weighted by atomic mass is 10.1. The molecule has 9 heavy (non-hydrogen) atoms. The third-order valence-electron chi connectivity index (χ3n) is 1.14. The maximum atomic E-state index is 10.8. The Balaban J connectivity index is 3.86. The van der Waals surface area contributed by atoms with Crippen LogP contribution in [0.15, 0.2) is 11.6 Å². The largest absolute Gasteiger partial charge is 0.295 e. The van der Waals surface area contributed by atoms with E-state index in [0.717, 1.165) is 10.9 Å². The summed E-state index contributed by atoms with van der Waals surface area (Å²) in [7, 11) is 0. The molecule has 2 heteroatoms. The van der Waals surface area contributed by atoms with Crippen LogP contribution >= 0.6 is 15.9 Å². The van der Waals surface area contributed by atoms with Gasteiger partial charge in [-0.25, -0.2) is 0 Å². The van der Waals surface area contributed by atoms with Crippen molar-refractivity contribution in [2.24, 2.45) is 0 Å². The predicted molar refractivity (Wildman–Crippen MR) is 42.8 cm³/mol. The van der Waals surface area contributed by atoms with Crippen LogP contribution in [0.2, 0.25) is 0 Å². The Kier molecular flexibility index (Phi) is 4.68. The quantitative estimate of drug-likeness (QED) is 0.494. The summed E-state index contributed by atoms with van der Waals surface area (Å²) in [5.74, 6) is 0.231. The lowest BCUT2D eigenvalue weighted by molar-refractivity contribution is -0.115. The Labute approximate surface area is 64.3 Å². The van der Waals surface area contributed by atoms with Gasteiger partial charge in [0, 0.05) is 11.8 Å². The molecule has 1 nitrogen and oxygen atoms in total. The highest BCUT2D eigenvalue weighted by Crippen LogP contribution is 1.98. The molecule has 0 aromatic carbocycles. The topological polar surface area (TPSA) is 17.1 Å². The van der Waals surface area contributed by atoms with Gasteiger partial charge in [0.25, 0.3) is 0 Å². The van der Waals surface area contributed by atoms with Gasteiger partial charge in [-0.3, -0.25) is 4.79 Å². The zero-order valence-corrected chi connectivity index (χ0v) is 7.36. The summed E-state index contributed by atoms with van der Waals surface area (Å²) in [5.41, 5.74) is 0.856. The van der Waals surface area contributed by atoms with Gasteiger partial charge < -0.3 is 0 Å². The molecule has 0 saturated carbocycles. The molecule has 0 aliphatic rings. The molecule has 0 aliphatic carbocycles. The average Bonchev–Trinajstić information content (AvgIpc) is 1.87. The van der Waals surface area contributed by atoms with E-state index in [2.05, 4.69) is 15.9 Å². The van der Waals surface area contributed by atoms with Crippen LogP contribution in [0, 0.1) is 0 Å². The number of carbonyl (C=O) groups excluding carboxylic acids is 1. The summed E-state index contributed by atoms with van der Waals surface area (Å²) in [4.78, 5) is 10.8. The van der Waals surface area contributed by atoms with Gasteiger partial charge in [0.1, 0.15) is 0 Å². The maximum Gasteiger partial charge on any atom is 0.158 e. The fourth-order valence-corrected chi connectivity index (χ4v) is 0.994. The Morgan fingerprint density at radius 2 is 2.22 bits per heavy atom. The average molecular weight is 191 g/mol. The highest BCUT2D eigenvalue weighted by Gasteiger charge is 1.97. The van der Waals surface area contributed by atoms with Crippen LogP contribution in [-0.2, 0) is 4.79 Å². The first kappa shape index (κ1) is 8.89. The van der Waals surface area contributed by atoms with Crippen molar-refractivity contribution in [3.63, 3.8) is 0 Å². The molecule has 0 bridgehead atoms. The molecular formula is C7H11BrO. The summed E-state index contributed by atoms with van der Waals surface area (Å²) in [5, 5.41) is 0.768. The van der Waals surface area contributed by atoms with Crippen molar-refractivity contribution in [2.45, 2.75) is 20.3 Å². The van der Waals surface area contributed by atoms with E-state index >= 15 is 0 Å². The Hall–Kier alpha value is -0.110. The summed E-state index contributed by atoms with van der Waals surface area (Å²) in [6, 6.07) is 0. The van der Waals surface area contributed by atoms with Crippen LogP contribution < -0.4 is 0 Å². The molecule has 0 aliphatic heterocycles. The molecule has 0 spiro atoms. The van der Waals surface area contributed by atoms with Gasteiger partial charge >= 0.3 is 0 Å². The van der Waals surface area contributed by atoms with Crippen molar-refractivity contribution < 1.29 is 4.79 Å². The number of alkyl halides is 1. The van der Waals surface area contributed by atoms with Crippen molar-refractivity contribution in [2.75, 3.05) is 5.33 Å². The normalized spacial score (nSPS) is 11.7. The Bertz CT molecular complexity index is 127. The van der Waals surface area contributed by atoms with E-state index < -0.39 is 0 Å². The predicted octanol–water partition coefficient (Wildman–Crippen LogP) is 2.31. The van der Waals surface area contributed by atoms with Gasteiger partial charge in [-0.15, -0.1) is 0 Å². The molecule has 0 radical (unpaired) electrons. The van der Waals surface area contributed by atoms with Gasteiger partial charge in [-0.2, -0.15) is 0 Å². The van der Waals surface area contributed by atoms with Gasteiger partial charge in [-0.1, -0.05) is 28.9 Å². The van der Waals surface area contributed by atoms with Gasteiger partial charge in [0.15, 0.2) is 5.78 Å². The molecule has 0 saturated heterocycles. The standard InChI is InChI=1S/C7H11BrO/c1-3-7(9)6(2)4-5-8/h4H,3,5H2,1-2H3. The van der Waals surface area contributed by atoms with Gasteiger partial charge in [0.2, 0.25) is 0 Å². The smallest absolute Gasteiger partial charge is 0.158 e. The molecule has 0 fully saturated rings. The van der Waals surface area contributed by atoms with Crippen LogP contribution in [0.25, 0.3) is 0 Å². The van der Waals surface area contributed by atoms with Gasteiger partial charge in [0.05, 0.1) is 0 Å². The van der Waals surface area contributed by atoms with Crippen LogP contribution in [0.3, 0.4) is 0 Å². The number of rotatable bonds is 3. The molecule has 0 N–H and O–H groups in total. The van der Waals surface area contributed by atoms with Crippen molar-refractivity contribution in [1.82, 2.24) is 0 Å². The second-order valence-corrected chi connectivity index (χ2v) is 2.47. The first-order valence-corrected chi connectivity index (χ1v) is 4.10. The minimum atomic E-state index is 0.231. The number of Topliss-reactive ketones (excluding diaryl/α,β-unsaturated/α-hetero) is 1. The second-order valence-electron chi connectivity index (χ2n) is 1.82. The third-order valence-corrected chi connectivity index (χ3v) is 1.47. The zero-order valence-electron chi connectivity index (χ0n) is 5.78. The summed E-state index contributed by atoms with van der Waals surface area (Å²) in [6.45, 7) is 3.71. The molecule has 0 atom stereocenters. The summed E-state index contributed by atoms with van der Waals surface area (Å²) in [6.07, 6.45) is 2.49. The van der Waals surface area contributed by atoms with Crippen LogP contribution in [0.4, 0.5) is 0 Å². The number of hydrogen-bond acceptors (Lipinski definition) is 1. The fourth-order valence-electron chi connectivity index (χ4n) is 0.508.